The van der Waals surface area contributed by atoms with E-state index in [1.54, 1.807) is 4.90 Å². The van der Waals surface area contributed by atoms with E-state index in [0.717, 1.165) is 42.5 Å². The number of nitrogens with zero attached hydrogens (tertiary/aromatic N) is 3. The molecule has 176 valence electrons. The second-order valence-corrected chi connectivity index (χ2v) is 9.21. The molecule has 1 saturated carbocycles. The maximum Gasteiger partial charge on any atom is 0.294 e. The molecule has 1 aromatic heterocycles. The van der Waals surface area contributed by atoms with Gasteiger partial charge >= 0.3 is 0 Å². The topological polar surface area (TPSA) is 65.8 Å². The van der Waals surface area contributed by atoms with Gasteiger partial charge in [0.15, 0.2) is 12.0 Å². The molecule has 1 aliphatic carbocycles. The fraction of sp³-hybridized carbons (Fsp3) is 0.407. The van der Waals surface area contributed by atoms with Gasteiger partial charge < -0.3 is 19.1 Å². The molecule has 3 aromatic rings. The highest BCUT2D eigenvalue weighted by atomic mass is 16.7. The molecule has 6 rings (SSSR count). The highest BCUT2D eigenvalue weighted by Gasteiger charge is 2.28. The summed E-state index contributed by atoms with van der Waals surface area (Å²) in [6.07, 6.45) is 9.35. The van der Waals surface area contributed by atoms with E-state index in [0.29, 0.717) is 37.1 Å². The molecule has 2 aromatic carbocycles. The summed E-state index contributed by atoms with van der Waals surface area (Å²) in [5.74, 6) is 1.65. The molecular formula is C27H29N3O4. The van der Waals surface area contributed by atoms with Gasteiger partial charge in [0.1, 0.15) is 5.75 Å². The van der Waals surface area contributed by atoms with Crippen LogP contribution in [0.5, 0.6) is 5.75 Å². The lowest BCUT2D eigenvalue weighted by molar-refractivity contribution is -0.163. The zero-order valence-electron chi connectivity index (χ0n) is 19.2. The number of aromatic nitrogens is 2. The van der Waals surface area contributed by atoms with Crippen molar-refractivity contribution in [2.45, 2.75) is 50.9 Å². The van der Waals surface area contributed by atoms with Crippen LogP contribution in [-0.2, 0) is 20.8 Å². The van der Waals surface area contributed by atoms with Crippen molar-refractivity contribution in [1.82, 2.24) is 9.78 Å². The van der Waals surface area contributed by atoms with Crippen LogP contribution in [0, 0.1) is 0 Å². The van der Waals surface area contributed by atoms with Crippen molar-refractivity contribution < 1.29 is 19.0 Å². The summed E-state index contributed by atoms with van der Waals surface area (Å²) in [5, 5.41) is 5.50. The third-order valence-electron chi connectivity index (χ3n) is 6.75. The molecular weight excluding hydrogens is 430 g/mol. The molecule has 3 aliphatic rings. The number of hydrogen-bond donors (Lipinski definition) is 0. The third kappa shape index (κ3) is 4.45. The molecule has 34 heavy (non-hydrogen) atoms. The van der Waals surface area contributed by atoms with Crippen LogP contribution in [0.3, 0.4) is 0 Å². The first kappa shape index (κ1) is 21.4. The fourth-order valence-electron chi connectivity index (χ4n) is 4.67. The zero-order valence-corrected chi connectivity index (χ0v) is 19.2. The first-order chi connectivity index (χ1) is 16.7. The maximum atomic E-state index is 13.0. The fourth-order valence-corrected chi connectivity index (χ4v) is 4.67. The van der Waals surface area contributed by atoms with Gasteiger partial charge in [-0.05, 0) is 80.0 Å². The number of carbonyl (C=O) groups is 1. The second-order valence-electron chi connectivity index (χ2n) is 9.21. The minimum absolute atomic E-state index is 0.0941. The third-order valence-corrected chi connectivity index (χ3v) is 6.75. The van der Waals surface area contributed by atoms with E-state index in [1.807, 2.05) is 47.3 Å². The molecule has 3 heterocycles. The minimum Gasteiger partial charge on any atom is -0.452 e. The summed E-state index contributed by atoms with van der Waals surface area (Å²) in [7, 11) is 0. The molecule has 1 saturated heterocycles. The van der Waals surface area contributed by atoms with E-state index in [1.165, 1.54) is 18.4 Å². The van der Waals surface area contributed by atoms with Crippen LogP contribution < -0.4 is 9.64 Å². The number of ether oxygens (including phenoxy) is 3. The zero-order chi connectivity index (χ0) is 22.9. The average Bonchev–Trinajstić information content (AvgIpc) is 3.56. The Balaban J connectivity index is 1.08. The lowest BCUT2D eigenvalue weighted by Gasteiger charge is -2.22. The molecule has 1 atom stereocenters. The van der Waals surface area contributed by atoms with Crippen molar-refractivity contribution in [3.8, 4) is 5.75 Å². The highest BCUT2D eigenvalue weighted by molar-refractivity contribution is 6.08. The smallest absolute Gasteiger partial charge is 0.294 e. The number of fused-ring (bicyclic) bond motifs is 1. The molecule has 0 spiro atoms. The van der Waals surface area contributed by atoms with Gasteiger partial charge in [-0.3, -0.25) is 9.48 Å². The number of anilines is 1. The average molecular weight is 460 g/mol. The number of carbonyl (C=O) groups excluding carboxylic acids is 1. The quantitative estimate of drug-likeness (QED) is 0.486. The van der Waals surface area contributed by atoms with Crippen molar-refractivity contribution in [3.05, 3.63) is 66.1 Å². The van der Waals surface area contributed by atoms with Crippen LogP contribution in [0.1, 0.15) is 43.6 Å². The van der Waals surface area contributed by atoms with Gasteiger partial charge in [0.25, 0.3) is 5.91 Å². The lowest BCUT2D eigenvalue weighted by atomic mass is 10.1. The molecule has 2 fully saturated rings. The Hall–Kier alpha value is -3.16. The van der Waals surface area contributed by atoms with E-state index in [9.17, 15) is 4.79 Å². The molecule has 7 nitrogen and oxygen atoms in total. The van der Waals surface area contributed by atoms with E-state index in [-0.39, 0.29) is 12.2 Å². The van der Waals surface area contributed by atoms with Crippen LogP contribution in [0.15, 0.2) is 60.5 Å². The minimum atomic E-state index is -0.126. The van der Waals surface area contributed by atoms with Crippen molar-refractivity contribution >= 4 is 22.5 Å². The Morgan fingerprint density at radius 2 is 1.94 bits per heavy atom. The number of hydrogen-bond acceptors (Lipinski definition) is 5. The second kappa shape index (κ2) is 9.24. The van der Waals surface area contributed by atoms with E-state index < -0.39 is 0 Å². The van der Waals surface area contributed by atoms with Crippen LogP contribution in [0.25, 0.3) is 10.9 Å². The Bertz CT molecular complexity index is 1210. The summed E-state index contributed by atoms with van der Waals surface area (Å²) in [4.78, 5) is 14.7. The van der Waals surface area contributed by atoms with E-state index in [4.69, 9.17) is 14.2 Å². The summed E-state index contributed by atoms with van der Waals surface area (Å²) >= 11 is 0. The number of amides is 1. The van der Waals surface area contributed by atoms with Crippen LogP contribution in [0.2, 0.25) is 0 Å². The van der Waals surface area contributed by atoms with Gasteiger partial charge in [0.05, 0.1) is 24.9 Å². The van der Waals surface area contributed by atoms with Crippen molar-refractivity contribution in [1.29, 1.82) is 0 Å². The molecule has 2 aliphatic heterocycles. The number of benzene rings is 2. The Morgan fingerprint density at radius 1 is 1.06 bits per heavy atom. The van der Waals surface area contributed by atoms with Gasteiger partial charge in [0, 0.05) is 24.2 Å². The van der Waals surface area contributed by atoms with Gasteiger partial charge in [0.2, 0.25) is 0 Å². The van der Waals surface area contributed by atoms with E-state index >= 15 is 0 Å². The van der Waals surface area contributed by atoms with Crippen LogP contribution >= 0.6 is 0 Å². The normalized spacial score (nSPS) is 20.7. The standard InChI is InChI=1S/C27H29N3O4/c31-27-25(34-23-9-6-20(7-10-23)19-4-5-19)12-13-29(27)22-8-11-24-21(17-22)18-28-30(24)14-16-33-26-3-1-2-15-32-26/h6-12,17-19,26H,1-5,13-16H2. The molecule has 0 N–H and O–H groups in total. The number of rotatable bonds is 8. The largest absolute Gasteiger partial charge is 0.452 e. The van der Waals surface area contributed by atoms with Crippen molar-refractivity contribution in [2.24, 2.45) is 0 Å². The predicted octanol–water partition coefficient (Wildman–Crippen LogP) is 4.77. The molecule has 1 unspecified atom stereocenters. The Morgan fingerprint density at radius 3 is 2.74 bits per heavy atom. The van der Waals surface area contributed by atoms with Gasteiger partial charge in [-0.2, -0.15) is 5.10 Å². The van der Waals surface area contributed by atoms with Crippen molar-refractivity contribution in [3.63, 3.8) is 0 Å². The molecule has 7 heteroatoms. The van der Waals surface area contributed by atoms with Gasteiger partial charge in [-0.1, -0.05) is 12.1 Å². The first-order valence-corrected chi connectivity index (χ1v) is 12.2. The van der Waals surface area contributed by atoms with Gasteiger partial charge in [-0.25, -0.2) is 0 Å². The summed E-state index contributed by atoms with van der Waals surface area (Å²) in [6.45, 7) is 2.48. The summed E-state index contributed by atoms with van der Waals surface area (Å²) < 4.78 is 19.3. The maximum absolute atomic E-state index is 13.0. The summed E-state index contributed by atoms with van der Waals surface area (Å²) in [5.41, 5.74) is 3.20. The Kier molecular flexibility index (Phi) is 5.81. The van der Waals surface area contributed by atoms with Crippen LogP contribution in [-0.4, -0.2) is 41.7 Å². The highest BCUT2D eigenvalue weighted by Crippen LogP contribution is 2.40. The van der Waals surface area contributed by atoms with E-state index in [2.05, 4.69) is 17.2 Å². The molecule has 0 radical (unpaired) electrons. The molecule has 1 amide bonds. The van der Waals surface area contributed by atoms with Gasteiger partial charge in [-0.15, -0.1) is 0 Å². The monoisotopic (exact) mass is 459 g/mol. The first-order valence-electron chi connectivity index (χ1n) is 12.2. The van der Waals surface area contributed by atoms with Crippen LogP contribution in [0.4, 0.5) is 5.69 Å². The Labute approximate surface area is 198 Å². The predicted molar refractivity (Wildman–Crippen MR) is 129 cm³/mol. The SMILES string of the molecule is O=C1C(Oc2ccc(C3CC3)cc2)=CCN1c1ccc2c(cnn2CCOC2CCCCO2)c1. The van der Waals surface area contributed by atoms with Crippen molar-refractivity contribution in [2.75, 3.05) is 24.7 Å². The lowest BCUT2D eigenvalue weighted by Crippen LogP contribution is -2.27. The molecule has 0 bridgehead atoms. The summed E-state index contributed by atoms with van der Waals surface area (Å²) in [6, 6.07) is 14.1.